The number of hydrogen-bond donors (Lipinski definition) is 1. The van der Waals surface area contributed by atoms with Crippen LogP contribution in [0.2, 0.25) is 0 Å². The molecule has 21 heavy (non-hydrogen) atoms. The van der Waals surface area contributed by atoms with Crippen LogP contribution in [0.1, 0.15) is 53.9 Å². The molecule has 1 unspecified atom stereocenters. The van der Waals surface area contributed by atoms with Crippen molar-refractivity contribution in [2.75, 3.05) is 26.2 Å². The van der Waals surface area contributed by atoms with Gasteiger partial charge in [-0.25, -0.2) is 0 Å². The molecule has 5 nitrogen and oxygen atoms in total. The van der Waals surface area contributed by atoms with E-state index in [1.165, 1.54) is 0 Å². The second-order valence-electron chi connectivity index (χ2n) is 6.63. The van der Waals surface area contributed by atoms with E-state index in [9.17, 15) is 8.42 Å². The second-order valence-corrected chi connectivity index (χ2v) is 8.47. The first-order valence-electron chi connectivity index (χ1n) is 8.30. The van der Waals surface area contributed by atoms with Gasteiger partial charge in [0.15, 0.2) is 0 Å². The lowest BCUT2D eigenvalue weighted by molar-refractivity contribution is 0.213. The van der Waals surface area contributed by atoms with Crippen LogP contribution in [0.25, 0.3) is 0 Å². The van der Waals surface area contributed by atoms with Gasteiger partial charge in [0, 0.05) is 31.7 Å². The monoisotopic (exact) mass is 319 g/mol. The van der Waals surface area contributed by atoms with Crippen LogP contribution in [0.15, 0.2) is 0 Å². The smallest absolute Gasteiger partial charge is 0.282 e. The van der Waals surface area contributed by atoms with E-state index in [0.717, 1.165) is 32.4 Å². The summed E-state index contributed by atoms with van der Waals surface area (Å²) in [5.74, 6) is 0.333. The Labute approximate surface area is 131 Å². The fourth-order valence-electron chi connectivity index (χ4n) is 2.86. The fraction of sp³-hybridized carbons (Fsp3) is 1.00. The van der Waals surface area contributed by atoms with Gasteiger partial charge < -0.3 is 5.32 Å². The quantitative estimate of drug-likeness (QED) is 0.745. The van der Waals surface area contributed by atoms with Crippen LogP contribution < -0.4 is 5.32 Å². The molecule has 1 rings (SSSR count). The van der Waals surface area contributed by atoms with Gasteiger partial charge in [-0.15, -0.1) is 0 Å². The molecular weight excluding hydrogens is 286 g/mol. The number of rotatable bonds is 8. The summed E-state index contributed by atoms with van der Waals surface area (Å²) in [6.07, 6.45) is 3.04. The Kier molecular flexibility index (Phi) is 7.60. The Morgan fingerprint density at radius 1 is 1.24 bits per heavy atom. The maximum atomic E-state index is 13.1. The Morgan fingerprint density at radius 2 is 1.90 bits per heavy atom. The molecule has 0 spiro atoms. The van der Waals surface area contributed by atoms with Crippen molar-refractivity contribution in [3.05, 3.63) is 0 Å². The molecule has 0 radical (unpaired) electrons. The van der Waals surface area contributed by atoms with E-state index in [2.05, 4.69) is 26.1 Å². The van der Waals surface area contributed by atoms with Crippen molar-refractivity contribution in [3.63, 3.8) is 0 Å². The van der Waals surface area contributed by atoms with Crippen molar-refractivity contribution < 1.29 is 8.42 Å². The summed E-state index contributed by atoms with van der Waals surface area (Å²) >= 11 is 0. The van der Waals surface area contributed by atoms with E-state index < -0.39 is 10.2 Å². The molecule has 0 aliphatic carbocycles. The van der Waals surface area contributed by atoms with Gasteiger partial charge in [0.2, 0.25) is 0 Å². The Morgan fingerprint density at radius 3 is 2.43 bits per heavy atom. The minimum atomic E-state index is -3.37. The Hall–Kier alpha value is -0.170. The van der Waals surface area contributed by atoms with E-state index in [1.54, 1.807) is 8.61 Å². The Balaban J connectivity index is 2.94. The highest BCUT2D eigenvalue weighted by atomic mass is 32.2. The summed E-state index contributed by atoms with van der Waals surface area (Å²) in [7, 11) is -3.37. The van der Waals surface area contributed by atoms with Crippen LogP contribution in [0.5, 0.6) is 0 Å². The van der Waals surface area contributed by atoms with E-state index in [4.69, 9.17) is 0 Å². The number of hydrogen-bond acceptors (Lipinski definition) is 3. The third-order valence-corrected chi connectivity index (χ3v) is 6.15. The largest absolute Gasteiger partial charge is 0.315 e. The van der Waals surface area contributed by atoms with Gasteiger partial charge in [0.25, 0.3) is 10.2 Å². The van der Waals surface area contributed by atoms with Gasteiger partial charge in [-0.2, -0.15) is 17.0 Å². The average molecular weight is 320 g/mol. The first-order valence-corrected chi connectivity index (χ1v) is 9.69. The molecule has 1 heterocycles. The van der Waals surface area contributed by atoms with Crippen LogP contribution in [-0.2, 0) is 10.2 Å². The molecule has 1 saturated heterocycles. The van der Waals surface area contributed by atoms with Gasteiger partial charge in [-0.05, 0) is 39.2 Å². The van der Waals surface area contributed by atoms with Crippen LogP contribution in [0.3, 0.4) is 0 Å². The maximum absolute atomic E-state index is 13.1. The van der Waals surface area contributed by atoms with Gasteiger partial charge in [-0.1, -0.05) is 27.2 Å². The number of nitrogens with one attached hydrogen (secondary N) is 1. The molecule has 0 saturated carbocycles. The van der Waals surface area contributed by atoms with E-state index in [-0.39, 0.29) is 12.1 Å². The van der Waals surface area contributed by atoms with Gasteiger partial charge in [0.1, 0.15) is 0 Å². The van der Waals surface area contributed by atoms with Gasteiger partial charge in [-0.3, -0.25) is 0 Å². The van der Waals surface area contributed by atoms with Crippen molar-refractivity contribution in [2.45, 2.75) is 66.0 Å². The van der Waals surface area contributed by atoms with E-state index in [1.807, 2.05) is 13.8 Å². The molecule has 0 amide bonds. The minimum absolute atomic E-state index is 0.000823. The summed E-state index contributed by atoms with van der Waals surface area (Å²) in [4.78, 5) is 0. The first-order chi connectivity index (χ1) is 9.80. The molecule has 0 aromatic carbocycles. The van der Waals surface area contributed by atoms with E-state index >= 15 is 0 Å². The molecule has 0 aromatic heterocycles. The predicted octanol–water partition coefficient (Wildman–Crippen LogP) is 2.06. The normalized spacial score (nSPS) is 21.6. The zero-order valence-electron chi connectivity index (χ0n) is 14.3. The lowest BCUT2D eigenvalue weighted by atomic mass is 10.1. The van der Waals surface area contributed by atoms with Crippen molar-refractivity contribution in [1.82, 2.24) is 13.9 Å². The van der Waals surface area contributed by atoms with Crippen molar-refractivity contribution in [2.24, 2.45) is 5.92 Å². The zero-order valence-corrected chi connectivity index (χ0v) is 15.1. The molecular formula is C15H33N3O2S. The third-order valence-electron chi connectivity index (χ3n) is 3.92. The molecule has 1 N–H and O–H groups in total. The zero-order chi connectivity index (χ0) is 16.0. The lowest BCUT2D eigenvalue weighted by Gasteiger charge is -2.39. The van der Waals surface area contributed by atoms with Gasteiger partial charge >= 0.3 is 0 Å². The van der Waals surface area contributed by atoms with Gasteiger partial charge in [0.05, 0.1) is 0 Å². The number of likely N-dealkylation sites (N-methyl/N-ethyl adjacent to an activating group) is 1. The molecule has 1 aliphatic rings. The Bertz CT molecular complexity index is 396. The second kappa shape index (κ2) is 8.46. The minimum Gasteiger partial charge on any atom is -0.315 e. The van der Waals surface area contributed by atoms with Crippen LogP contribution >= 0.6 is 0 Å². The highest BCUT2D eigenvalue weighted by Gasteiger charge is 2.37. The summed E-state index contributed by atoms with van der Waals surface area (Å²) in [5, 5.41) is 3.30. The van der Waals surface area contributed by atoms with Crippen molar-refractivity contribution in [3.8, 4) is 0 Å². The summed E-state index contributed by atoms with van der Waals surface area (Å²) < 4.78 is 29.5. The average Bonchev–Trinajstić information content (AvgIpc) is 2.42. The van der Waals surface area contributed by atoms with Crippen LogP contribution in [0.4, 0.5) is 0 Å². The molecule has 0 bridgehead atoms. The van der Waals surface area contributed by atoms with Crippen LogP contribution in [0, 0.1) is 5.92 Å². The topological polar surface area (TPSA) is 52.7 Å². The summed E-state index contributed by atoms with van der Waals surface area (Å²) in [6.45, 7) is 13.0. The SMILES string of the molecule is CCNCC1CCCCN1S(=O)(=O)N(CC(C)C)C(C)C. The summed E-state index contributed by atoms with van der Waals surface area (Å²) in [6, 6.07) is 0.0937. The fourth-order valence-corrected chi connectivity index (χ4v) is 5.06. The standard InChI is InChI=1S/C15H33N3O2S/c1-6-16-11-15-9-7-8-10-17(15)21(19,20)18(14(4)5)12-13(2)3/h13-16H,6-12H2,1-5H3. The van der Waals surface area contributed by atoms with Crippen molar-refractivity contribution >= 4 is 10.2 Å². The van der Waals surface area contributed by atoms with Crippen molar-refractivity contribution in [1.29, 1.82) is 0 Å². The molecule has 1 atom stereocenters. The third kappa shape index (κ3) is 5.20. The highest BCUT2D eigenvalue weighted by Crippen LogP contribution is 2.24. The molecule has 0 aromatic rings. The summed E-state index contributed by atoms with van der Waals surface area (Å²) in [5.41, 5.74) is 0. The number of piperidine rings is 1. The molecule has 1 fully saturated rings. The number of nitrogens with zero attached hydrogens (tertiary/aromatic N) is 2. The molecule has 6 heteroatoms. The molecule has 1 aliphatic heterocycles. The highest BCUT2D eigenvalue weighted by molar-refractivity contribution is 7.86. The van der Waals surface area contributed by atoms with Crippen LogP contribution in [-0.4, -0.2) is 55.3 Å². The van der Waals surface area contributed by atoms with E-state index in [0.29, 0.717) is 19.0 Å². The molecule has 126 valence electrons. The lowest BCUT2D eigenvalue weighted by Crippen LogP contribution is -2.55. The first kappa shape index (κ1) is 18.9. The maximum Gasteiger partial charge on any atom is 0.282 e. The predicted molar refractivity (Wildman–Crippen MR) is 88.5 cm³/mol.